The van der Waals surface area contributed by atoms with Gasteiger partial charge in [-0.2, -0.15) is 13.2 Å². The molecule has 0 saturated carbocycles. The Labute approximate surface area is 201 Å². The summed E-state index contributed by atoms with van der Waals surface area (Å²) in [5, 5.41) is 0.350. The molecule has 2 aromatic rings. The summed E-state index contributed by atoms with van der Waals surface area (Å²) in [6.45, 7) is 4.25. The van der Waals surface area contributed by atoms with Gasteiger partial charge in [-0.1, -0.05) is 29.8 Å². The zero-order valence-electron chi connectivity index (χ0n) is 19.0. The average molecular weight is 495 g/mol. The number of guanidine groups is 1. The zero-order valence-corrected chi connectivity index (χ0v) is 19.7. The average Bonchev–Trinajstić information content (AvgIpc) is 2.75. The number of aromatic nitrogens is 1. The molecule has 3 heterocycles. The van der Waals surface area contributed by atoms with E-state index in [0.717, 1.165) is 6.07 Å². The Kier molecular flexibility index (Phi) is 6.61. The van der Waals surface area contributed by atoms with Gasteiger partial charge in [-0.15, -0.1) is 0 Å². The van der Waals surface area contributed by atoms with Crippen LogP contribution in [0, 0.1) is 6.92 Å². The second-order valence-electron chi connectivity index (χ2n) is 8.96. The van der Waals surface area contributed by atoms with Crippen LogP contribution in [0.2, 0.25) is 5.02 Å². The topological polar surface area (TPSA) is 80.8 Å². The molecule has 2 N–H and O–H groups in total. The van der Waals surface area contributed by atoms with E-state index in [-0.39, 0.29) is 36.4 Å². The van der Waals surface area contributed by atoms with Crippen LogP contribution in [0.3, 0.4) is 0 Å². The SMILES string of the molecule is Cc1ncc(Cc2cccc([C@]3(C)CC(=O)N(C4CCOCC4)C(N)=N3)c2Cl)cc1C(F)(F)F. The number of pyridine rings is 1. The number of nitrogens with two attached hydrogens (primary N) is 1. The minimum absolute atomic E-state index is 0.0479. The van der Waals surface area contributed by atoms with Gasteiger partial charge in [-0.05, 0) is 49.4 Å². The number of rotatable bonds is 4. The van der Waals surface area contributed by atoms with Crippen molar-refractivity contribution in [1.82, 2.24) is 9.88 Å². The first-order chi connectivity index (χ1) is 16.0. The maximum Gasteiger partial charge on any atom is 0.418 e. The lowest BCUT2D eigenvalue weighted by molar-refractivity contribution is -0.138. The Bertz CT molecular complexity index is 1130. The van der Waals surface area contributed by atoms with E-state index >= 15 is 0 Å². The number of halogens is 4. The third-order valence-corrected chi connectivity index (χ3v) is 6.88. The molecule has 0 radical (unpaired) electrons. The lowest BCUT2D eigenvalue weighted by Crippen LogP contribution is -2.55. The maximum absolute atomic E-state index is 13.3. The number of benzene rings is 1. The van der Waals surface area contributed by atoms with Crippen LogP contribution in [-0.2, 0) is 27.7 Å². The Morgan fingerprint density at radius 1 is 1.29 bits per heavy atom. The van der Waals surface area contributed by atoms with E-state index in [0.29, 0.717) is 47.8 Å². The summed E-state index contributed by atoms with van der Waals surface area (Å²) >= 11 is 6.73. The molecule has 1 saturated heterocycles. The predicted molar refractivity (Wildman–Crippen MR) is 123 cm³/mol. The largest absolute Gasteiger partial charge is 0.418 e. The van der Waals surface area contributed by atoms with Gasteiger partial charge in [0.2, 0.25) is 5.91 Å². The molecule has 1 aromatic heterocycles. The molecule has 2 aliphatic rings. The van der Waals surface area contributed by atoms with Crippen molar-refractivity contribution in [2.45, 2.75) is 57.3 Å². The van der Waals surface area contributed by atoms with E-state index in [4.69, 9.17) is 22.1 Å². The van der Waals surface area contributed by atoms with Gasteiger partial charge in [0.15, 0.2) is 5.96 Å². The molecule has 0 aliphatic carbocycles. The van der Waals surface area contributed by atoms with Crippen molar-refractivity contribution < 1.29 is 22.7 Å². The third kappa shape index (κ3) is 4.77. The van der Waals surface area contributed by atoms with Gasteiger partial charge in [0.1, 0.15) is 0 Å². The number of amides is 1. The van der Waals surface area contributed by atoms with Crippen LogP contribution >= 0.6 is 11.6 Å². The first-order valence-electron chi connectivity index (χ1n) is 11.1. The van der Waals surface area contributed by atoms with Crippen molar-refractivity contribution in [3.63, 3.8) is 0 Å². The molecule has 0 bridgehead atoms. The minimum atomic E-state index is -4.49. The molecule has 182 valence electrons. The smallest absolute Gasteiger partial charge is 0.381 e. The molecule has 34 heavy (non-hydrogen) atoms. The van der Waals surface area contributed by atoms with E-state index in [1.165, 1.54) is 13.1 Å². The number of carbonyl (C=O) groups is 1. The molecule has 0 spiro atoms. The number of alkyl halides is 3. The van der Waals surface area contributed by atoms with Crippen molar-refractivity contribution >= 4 is 23.5 Å². The zero-order chi connectivity index (χ0) is 24.7. The van der Waals surface area contributed by atoms with Crippen LogP contribution in [0.25, 0.3) is 0 Å². The monoisotopic (exact) mass is 494 g/mol. The van der Waals surface area contributed by atoms with E-state index in [1.54, 1.807) is 30.0 Å². The number of hydrogen-bond donors (Lipinski definition) is 1. The van der Waals surface area contributed by atoms with Crippen LogP contribution in [0.5, 0.6) is 0 Å². The van der Waals surface area contributed by atoms with Crippen LogP contribution in [0.1, 0.15) is 54.1 Å². The minimum Gasteiger partial charge on any atom is -0.381 e. The number of nitrogens with zero attached hydrogens (tertiary/aromatic N) is 3. The fourth-order valence-electron chi connectivity index (χ4n) is 4.66. The number of ether oxygens (including phenoxy) is 1. The van der Waals surface area contributed by atoms with Crippen molar-refractivity contribution in [3.05, 3.63) is 63.4 Å². The Morgan fingerprint density at radius 3 is 2.65 bits per heavy atom. The van der Waals surface area contributed by atoms with Crippen LogP contribution in [0.15, 0.2) is 35.5 Å². The quantitative estimate of drug-likeness (QED) is 0.674. The van der Waals surface area contributed by atoms with Gasteiger partial charge in [0.05, 0.1) is 17.5 Å². The predicted octanol–water partition coefficient (Wildman–Crippen LogP) is 4.59. The second kappa shape index (κ2) is 9.19. The summed E-state index contributed by atoms with van der Waals surface area (Å²) in [7, 11) is 0. The molecular weight excluding hydrogens is 469 g/mol. The number of carbonyl (C=O) groups excluding carboxylic acids is 1. The van der Waals surface area contributed by atoms with Gasteiger partial charge >= 0.3 is 6.18 Å². The van der Waals surface area contributed by atoms with Gasteiger partial charge in [-0.25, -0.2) is 4.99 Å². The lowest BCUT2D eigenvalue weighted by Gasteiger charge is -2.40. The molecule has 1 amide bonds. The highest BCUT2D eigenvalue weighted by Crippen LogP contribution is 2.40. The summed E-state index contributed by atoms with van der Waals surface area (Å²) < 4.78 is 45.3. The summed E-state index contributed by atoms with van der Waals surface area (Å²) in [4.78, 5) is 23.2. The van der Waals surface area contributed by atoms with Crippen molar-refractivity contribution in [3.8, 4) is 0 Å². The normalized spacial score (nSPS) is 22.1. The number of hydrogen-bond acceptors (Lipinski definition) is 5. The lowest BCUT2D eigenvalue weighted by atomic mass is 9.85. The van der Waals surface area contributed by atoms with E-state index in [2.05, 4.69) is 9.98 Å². The molecule has 10 heteroatoms. The third-order valence-electron chi connectivity index (χ3n) is 6.43. The van der Waals surface area contributed by atoms with Gasteiger partial charge in [0, 0.05) is 42.6 Å². The maximum atomic E-state index is 13.3. The van der Waals surface area contributed by atoms with Crippen molar-refractivity contribution in [2.24, 2.45) is 10.7 Å². The molecule has 1 fully saturated rings. The highest BCUT2D eigenvalue weighted by molar-refractivity contribution is 6.32. The van der Waals surface area contributed by atoms with E-state index in [1.807, 2.05) is 0 Å². The summed E-state index contributed by atoms with van der Waals surface area (Å²) in [5.74, 6) is 0.00518. The molecule has 1 aromatic carbocycles. The molecular formula is C24H26ClF3N4O2. The summed E-state index contributed by atoms with van der Waals surface area (Å²) in [6.07, 6.45) is -1.45. The van der Waals surface area contributed by atoms with E-state index in [9.17, 15) is 18.0 Å². The Morgan fingerprint density at radius 2 is 2.00 bits per heavy atom. The molecule has 6 nitrogen and oxygen atoms in total. The first kappa shape index (κ1) is 24.5. The van der Waals surface area contributed by atoms with Crippen molar-refractivity contribution in [2.75, 3.05) is 13.2 Å². The van der Waals surface area contributed by atoms with Crippen molar-refractivity contribution in [1.29, 1.82) is 0 Å². The highest BCUT2D eigenvalue weighted by Gasteiger charge is 2.41. The fourth-order valence-corrected chi connectivity index (χ4v) is 5.05. The molecule has 4 rings (SSSR count). The van der Waals surface area contributed by atoms with Gasteiger partial charge in [0.25, 0.3) is 0 Å². The van der Waals surface area contributed by atoms with Gasteiger partial charge < -0.3 is 10.5 Å². The fraction of sp³-hybridized carbons (Fsp3) is 0.458. The Balaban J connectivity index is 1.64. The van der Waals surface area contributed by atoms with E-state index < -0.39 is 17.3 Å². The molecule has 2 aliphatic heterocycles. The second-order valence-corrected chi connectivity index (χ2v) is 9.34. The highest BCUT2D eigenvalue weighted by atomic mass is 35.5. The van der Waals surface area contributed by atoms with Crippen LogP contribution in [-0.4, -0.2) is 41.0 Å². The summed E-state index contributed by atoms with van der Waals surface area (Å²) in [6, 6.07) is 6.32. The molecule has 0 unspecified atom stereocenters. The first-order valence-corrected chi connectivity index (χ1v) is 11.4. The summed E-state index contributed by atoms with van der Waals surface area (Å²) in [5.41, 5.74) is 6.02. The number of aryl methyl sites for hydroxylation is 1. The molecule has 1 atom stereocenters. The number of aliphatic imine (C=N–C) groups is 1. The standard InChI is InChI=1S/C24H26ClF3N4O2/c1-14-19(24(26,27)28)11-15(13-30-14)10-16-4-3-5-18(21(16)25)23(2)12-20(33)32(22(29)31-23)17-6-8-34-9-7-17/h3-5,11,13,17H,6-10,12H2,1-2H3,(H2,29,31)/t23-/m0/s1. The van der Waals surface area contributed by atoms with Crippen LogP contribution in [0.4, 0.5) is 13.2 Å². The van der Waals surface area contributed by atoms with Gasteiger partial charge in [-0.3, -0.25) is 14.7 Å². The van der Waals surface area contributed by atoms with Crippen LogP contribution < -0.4 is 5.73 Å². The Hall–Kier alpha value is -2.65.